The topological polar surface area (TPSA) is 66.5 Å². The summed E-state index contributed by atoms with van der Waals surface area (Å²) in [7, 11) is -3.69. The Morgan fingerprint density at radius 3 is 2.36 bits per heavy atom. The van der Waals surface area contributed by atoms with E-state index in [-0.39, 0.29) is 25.2 Å². The predicted octanol–water partition coefficient (Wildman–Crippen LogP) is 3.06. The third kappa shape index (κ3) is 4.94. The smallest absolute Gasteiger partial charge is 0.235 e. The van der Waals surface area contributed by atoms with E-state index in [0.29, 0.717) is 0 Å². The van der Waals surface area contributed by atoms with E-state index in [0.717, 1.165) is 26.9 Å². The van der Waals surface area contributed by atoms with Crippen LogP contribution in [0.4, 0.5) is 4.39 Å². The molecule has 0 aliphatic heterocycles. The highest BCUT2D eigenvalue weighted by Crippen LogP contribution is 2.18. The van der Waals surface area contributed by atoms with Gasteiger partial charge in [-0.3, -0.25) is 4.79 Å². The molecule has 0 saturated heterocycles. The third-order valence-electron chi connectivity index (χ3n) is 4.45. The van der Waals surface area contributed by atoms with Crippen molar-refractivity contribution in [3.05, 3.63) is 83.7 Å². The minimum absolute atomic E-state index is 0.201. The summed E-state index contributed by atoms with van der Waals surface area (Å²) in [5.74, 6) is -0.956. The van der Waals surface area contributed by atoms with Crippen LogP contribution in [0.15, 0.2) is 66.7 Å². The molecule has 0 aliphatic carbocycles. The predicted molar refractivity (Wildman–Crippen MR) is 107 cm³/mol. The maximum atomic E-state index is 13.9. The minimum Gasteiger partial charge on any atom is -0.351 e. The fourth-order valence-corrected chi connectivity index (χ4v) is 3.69. The van der Waals surface area contributed by atoms with E-state index in [1.807, 2.05) is 42.5 Å². The quantitative estimate of drug-likeness (QED) is 0.663. The molecular formula is C21H21FN2O3S. The molecule has 1 amide bonds. The molecule has 0 heterocycles. The zero-order chi connectivity index (χ0) is 20.1. The lowest BCUT2D eigenvalue weighted by Gasteiger charge is -2.20. The van der Waals surface area contributed by atoms with E-state index < -0.39 is 21.7 Å². The molecule has 0 aliphatic rings. The summed E-state index contributed by atoms with van der Waals surface area (Å²) >= 11 is 0. The maximum absolute atomic E-state index is 13.9. The number of hydrogen-bond acceptors (Lipinski definition) is 3. The second-order valence-corrected chi connectivity index (χ2v) is 8.52. The Balaban J connectivity index is 1.69. The van der Waals surface area contributed by atoms with Gasteiger partial charge in [0.25, 0.3) is 0 Å². The Morgan fingerprint density at radius 1 is 0.964 bits per heavy atom. The molecule has 1 N–H and O–H groups in total. The lowest BCUT2D eigenvalue weighted by molar-refractivity contribution is -0.121. The first-order chi connectivity index (χ1) is 13.3. The van der Waals surface area contributed by atoms with Crippen LogP contribution in [0.1, 0.15) is 11.1 Å². The second kappa shape index (κ2) is 8.50. The van der Waals surface area contributed by atoms with E-state index >= 15 is 0 Å². The summed E-state index contributed by atoms with van der Waals surface area (Å²) in [6, 6.07) is 19.5. The van der Waals surface area contributed by atoms with Gasteiger partial charge in [0.2, 0.25) is 15.9 Å². The van der Waals surface area contributed by atoms with Crippen molar-refractivity contribution in [3.63, 3.8) is 0 Å². The summed E-state index contributed by atoms with van der Waals surface area (Å²) in [5.41, 5.74) is 1.15. The van der Waals surface area contributed by atoms with Gasteiger partial charge < -0.3 is 5.32 Å². The van der Waals surface area contributed by atoms with Gasteiger partial charge >= 0.3 is 0 Å². The van der Waals surface area contributed by atoms with Gasteiger partial charge in [0.1, 0.15) is 5.82 Å². The fourth-order valence-electron chi connectivity index (χ4n) is 2.96. The van der Waals surface area contributed by atoms with Crippen LogP contribution in [0, 0.1) is 5.82 Å². The van der Waals surface area contributed by atoms with E-state index in [2.05, 4.69) is 5.32 Å². The summed E-state index contributed by atoms with van der Waals surface area (Å²) in [6.45, 7) is -0.303. The monoisotopic (exact) mass is 400 g/mol. The lowest BCUT2D eigenvalue weighted by Crippen LogP contribution is -2.39. The van der Waals surface area contributed by atoms with Crippen molar-refractivity contribution in [1.29, 1.82) is 0 Å². The molecule has 146 valence electrons. The number of nitrogens with zero attached hydrogens (tertiary/aromatic N) is 1. The second-order valence-electron chi connectivity index (χ2n) is 6.54. The van der Waals surface area contributed by atoms with E-state index in [1.165, 1.54) is 18.2 Å². The molecule has 0 saturated carbocycles. The van der Waals surface area contributed by atoms with Crippen LogP contribution < -0.4 is 5.32 Å². The van der Waals surface area contributed by atoms with Crippen molar-refractivity contribution >= 4 is 26.7 Å². The van der Waals surface area contributed by atoms with Crippen molar-refractivity contribution in [1.82, 2.24) is 9.62 Å². The number of sulfonamides is 1. The molecule has 0 aromatic heterocycles. The number of rotatable bonds is 7. The van der Waals surface area contributed by atoms with Crippen LogP contribution in [-0.4, -0.2) is 31.4 Å². The summed E-state index contributed by atoms with van der Waals surface area (Å²) in [4.78, 5) is 12.4. The molecule has 7 heteroatoms. The van der Waals surface area contributed by atoms with Crippen LogP contribution in [0.2, 0.25) is 0 Å². The number of benzene rings is 3. The first-order valence-corrected chi connectivity index (χ1v) is 10.6. The highest BCUT2D eigenvalue weighted by Gasteiger charge is 2.21. The number of carbonyl (C=O) groups is 1. The Hall–Kier alpha value is -2.77. The first-order valence-electron chi connectivity index (χ1n) is 8.76. The molecule has 0 atom stereocenters. The summed E-state index contributed by atoms with van der Waals surface area (Å²) < 4.78 is 38.9. The molecule has 0 spiro atoms. The van der Waals surface area contributed by atoms with Gasteiger partial charge in [-0.25, -0.2) is 12.8 Å². The molecule has 0 fully saturated rings. The van der Waals surface area contributed by atoms with Gasteiger partial charge in [-0.15, -0.1) is 0 Å². The zero-order valence-electron chi connectivity index (χ0n) is 15.4. The molecule has 3 aromatic carbocycles. The molecule has 3 rings (SSSR count). The van der Waals surface area contributed by atoms with Gasteiger partial charge in [0, 0.05) is 18.7 Å². The molecule has 3 aromatic rings. The molecule has 5 nitrogen and oxygen atoms in total. The minimum atomic E-state index is -3.69. The molecule has 28 heavy (non-hydrogen) atoms. The lowest BCUT2D eigenvalue weighted by atomic mass is 10.0. The highest BCUT2D eigenvalue weighted by molar-refractivity contribution is 7.88. The summed E-state index contributed by atoms with van der Waals surface area (Å²) in [5, 5.41) is 4.84. The Morgan fingerprint density at radius 2 is 1.61 bits per heavy atom. The third-order valence-corrected chi connectivity index (χ3v) is 5.65. The SMILES string of the molecule is CS(=O)(=O)N(CC(=O)NCc1cccc2ccccc12)Cc1ccccc1F. The Kier molecular flexibility index (Phi) is 6.06. The highest BCUT2D eigenvalue weighted by atomic mass is 32.2. The van der Waals surface area contributed by atoms with Crippen LogP contribution >= 0.6 is 0 Å². The Labute approximate surface area is 163 Å². The largest absolute Gasteiger partial charge is 0.351 e. The fraction of sp³-hybridized carbons (Fsp3) is 0.190. The van der Waals surface area contributed by atoms with Gasteiger partial charge in [0.15, 0.2) is 0 Å². The van der Waals surface area contributed by atoms with Crippen molar-refractivity contribution in [3.8, 4) is 0 Å². The standard InChI is InChI=1S/C21H21FN2O3S/c1-28(26,27)24(14-18-8-3-5-12-20(18)22)15-21(25)23-13-17-10-6-9-16-7-2-4-11-19(16)17/h2-12H,13-15H2,1H3,(H,23,25). The van der Waals surface area contributed by atoms with Crippen LogP contribution in [0.25, 0.3) is 10.8 Å². The average Bonchev–Trinajstić information content (AvgIpc) is 2.66. The van der Waals surface area contributed by atoms with Gasteiger partial charge in [0.05, 0.1) is 12.8 Å². The van der Waals surface area contributed by atoms with Crippen molar-refractivity contribution < 1.29 is 17.6 Å². The van der Waals surface area contributed by atoms with Crippen molar-refractivity contribution in [2.24, 2.45) is 0 Å². The number of hydrogen-bond donors (Lipinski definition) is 1. The van der Waals surface area contributed by atoms with Crippen LogP contribution in [0.3, 0.4) is 0 Å². The molecular weight excluding hydrogens is 379 g/mol. The van der Waals surface area contributed by atoms with Gasteiger partial charge in [-0.2, -0.15) is 4.31 Å². The van der Waals surface area contributed by atoms with Gasteiger partial charge in [-0.05, 0) is 22.4 Å². The van der Waals surface area contributed by atoms with E-state index in [1.54, 1.807) is 6.07 Å². The zero-order valence-corrected chi connectivity index (χ0v) is 16.2. The number of carbonyl (C=O) groups excluding carboxylic acids is 1. The van der Waals surface area contributed by atoms with E-state index in [9.17, 15) is 17.6 Å². The number of nitrogens with one attached hydrogen (secondary N) is 1. The molecule has 0 unspecified atom stereocenters. The van der Waals surface area contributed by atoms with Gasteiger partial charge in [-0.1, -0.05) is 60.7 Å². The number of fused-ring (bicyclic) bond motifs is 1. The number of amides is 1. The van der Waals surface area contributed by atoms with E-state index in [4.69, 9.17) is 0 Å². The Bertz CT molecular complexity index is 1090. The molecule has 0 radical (unpaired) electrons. The molecule has 0 bridgehead atoms. The number of halogens is 1. The van der Waals surface area contributed by atoms with Crippen molar-refractivity contribution in [2.75, 3.05) is 12.8 Å². The average molecular weight is 400 g/mol. The maximum Gasteiger partial charge on any atom is 0.235 e. The van der Waals surface area contributed by atoms with Crippen molar-refractivity contribution in [2.45, 2.75) is 13.1 Å². The first kappa shape index (κ1) is 20.0. The van der Waals surface area contributed by atoms with Crippen LogP contribution in [0.5, 0.6) is 0 Å². The normalized spacial score (nSPS) is 11.7. The van der Waals surface area contributed by atoms with Crippen LogP contribution in [-0.2, 0) is 27.9 Å². The summed E-state index contributed by atoms with van der Waals surface area (Å²) in [6.07, 6.45) is 1.01.